The maximum absolute atomic E-state index is 11.6. The molecule has 0 radical (unpaired) electrons. The van der Waals surface area contributed by atoms with E-state index in [-0.39, 0.29) is 6.61 Å². The van der Waals surface area contributed by atoms with Crippen LogP contribution in [0.15, 0.2) is 48.8 Å². The summed E-state index contributed by atoms with van der Waals surface area (Å²) in [4.78, 5) is 22.6. The standard InChI is InChI=1S/C19H22N4O2/c24-19(25-15-16-7-2-1-3-8-16)20-10-6-9-17-13-21-18(22-14-17)23-11-4-5-12-23/h1-3,6-9,13-14H,4-5,10-12,15H2,(H,20,24). The van der Waals surface area contributed by atoms with Gasteiger partial charge in [-0.3, -0.25) is 0 Å². The van der Waals surface area contributed by atoms with E-state index in [1.807, 2.05) is 42.5 Å². The van der Waals surface area contributed by atoms with Gasteiger partial charge in [-0.25, -0.2) is 14.8 Å². The van der Waals surface area contributed by atoms with E-state index in [1.165, 1.54) is 12.8 Å². The van der Waals surface area contributed by atoms with Crippen molar-refractivity contribution in [3.63, 3.8) is 0 Å². The van der Waals surface area contributed by atoms with Crippen LogP contribution in [-0.4, -0.2) is 35.7 Å². The zero-order valence-electron chi connectivity index (χ0n) is 14.1. The van der Waals surface area contributed by atoms with Crippen molar-refractivity contribution in [3.05, 3.63) is 59.9 Å². The van der Waals surface area contributed by atoms with E-state index in [1.54, 1.807) is 12.4 Å². The highest BCUT2D eigenvalue weighted by atomic mass is 16.5. The van der Waals surface area contributed by atoms with E-state index in [0.717, 1.165) is 30.2 Å². The lowest BCUT2D eigenvalue weighted by Gasteiger charge is -2.14. The number of benzene rings is 1. The quantitative estimate of drug-likeness (QED) is 0.877. The molecule has 1 aliphatic heterocycles. The van der Waals surface area contributed by atoms with Crippen molar-refractivity contribution in [1.29, 1.82) is 0 Å². The first-order valence-corrected chi connectivity index (χ1v) is 8.49. The Bertz CT molecular complexity index is 695. The molecule has 1 aromatic carbocycles. The largest absolute Gasteiger partial charge is 0.445 e. The third-order valence-electron chi connectivity index (χ3n) is 3.93. The zero-order valence-corrected chi connectivity index (χ0v) is 14.1. The van der Waals surface area contributed by atoms with Crippen LogP contribution in [0.3, 0.4) is 0 Å². The average molecular weight is 338 g/mol. The molecular formula is C19H22N4O2. The smallest absolute Gasteiger partial charge is 0.407 e. The van der Waals surface area contributed by atoms with Crippen LogP contribution in [0.5, 0.6) is 0 Å². The number of aromatic nitrogens is 2. The van der Waals surface area contributed by atoms with Crippen LogP contribution in [0, 0.1) is 0 Å². The second-order valence-corrected chi connectivity index (χ2v) is 5.86. The summed E-state index contributed by atoms with van der Waals surface area (Å²) in [6.07, 6.45) is 9.29. The summed E-state index contributed by atoms with van der Waals surface area (Å²) in [5, 5.41) is 2.68. The topological polar surface area (TPSA) is 67.4 Å². The minimum atomic E-state index is -0.436. The van der Waals surface area contributed by atoms with Gasteiger partial charge < -0.3 is 15.0 Å². The van der Waals surface area contributed by atoms with E-state index in [0.29, 0.717) is 6.54 Å². The predicted octanol–water partition coefficient (Wildman–Crippen LogP) is 3.02. The molecule has 1 aliphatic rings. The molecule has 1 N–H and O–H groups in total. The third-order valence-corrected chi connectivity index (χ3v) is 3.93. The van der Waals surface area contributed by atoms with Crippen LogP contribution >= 0.6 is 0 Å². The summed E-state index contributed by atoms with van der Waals surface area (Å²) in [7, 11) is 0. The van der Waals surface area contributed by atoms with Crippen molar-refractivity contribution in [2.24, 2.45) is 0 Å². The van der Waals surface area contributed by atoms with Gasteiger partial charge in [0.25, 0.3) is 0 Å². The number of hydrogen-bond donors (Lipinski definition) is 1. The number of nitrogens with zero attached hydrogens (tertiary/aromatic N) is 3. The van der Waals surface area contributed by atoms with E-state index >= 15 is 0 Å². The molecule has 2 heterocycles. The summed E-state index contributed by atoms with van der Waals surface area (Å²) in [5.74, 6) is 0.789. The zero-order chi connectivity index (χ0) is 17.3. The summed E-state index contributed by atoms with van der Waals surface area (Å²) < 4.78 is 5.14. The highest BCUT2D eigenvalue weighted by molar-refractivity contribution is 5.67. The molecule has 0 bridgehead atoms. The number of anilines is 1. The summed E-state index contributed by atoms with van der Waals surface area (Å²) in [6, 6.07) is 9.58. The molecule has 1 aromatic heterocycles. The molecule has 0 atom stereocenters. The van der Waals surface area contributed by atoms with Crippen molar-refractivity contribution in [2.75, 3.05) is 24.5 Å². The number of hydrogen-bond acceptors (Lipinski definition) is 5. The Balaban J connectivity index is 1.38. The monoisotopic (exact) mass is 338 g/mol. The maximum Gasteiger partial charge on any atom is 0.407 e. The molecule has 1 saturated heterocycles. The minimum Gasteiger partial charge on any atom is -0.445 e. The lowest BCUT2D eigenvalue weighted by Crippen LogP contribution is -2.24. The number of rotatable bonds is 6. The Morgan fingerprint density at radius 3 is 2.60 bits per heavy atom. The van der Waals surface area contributed by atoms with E-state index < -0.39 is 6.09 Å². The van der Waals surface area contributed by atoms with Gasteiger partial charge in [-0.2, -0.15) is 0 Å². The Hall–Kier alpha value is -2.89. The molecule has 3 rings (SSSR count). The van der Waals surface area contributed by atoms with Crippen molar-refractivity contribution < 1.29 is 9.53 Å². The minimum absolute atomic E-state index is 0.266. The fraction of sp³-hybridized carbons (Fsp3) is 0.316. The molecule has 130 valence electrons. The fourth-order valence-corrected chi connectivity index (χ4v) is 2.61. The van der Waals surface area contributed by atoms with Crippen LogP contribution in [0.1, 0.15) is 24.0 Å². The van der Waals surface area contributed by atoms with Gasteiger partial charge in [0.2, 0.25) is 5.95 Å². The molecule has 2 aromatic rings. The predicted molar refractivity (Wildman–Crippen MR) is 97.1 cm³/mol. The van der Waals surface area contributed by atoms with Crippen LogP contribution < -0.4 is 10.2 Å². The molecule has 6 heteroatoms. The lowest BCUT2D eigenvalue weighted by atomic mass is 10.2. The van der Waals surface area contributed by atoms with Crippen molar-refractivity contribution in [3.8, 4) is 0 Å². The first-order chi connectivity index (χ1) is 12.3. The summed E-state index contributed by atoms with van der Waals surface area (Å²) in [6.45, 7) is 2.72. The number of carbonyl (C=O) groups is 1. The molecule has 0 saturated carbocycles. The fourth-order valence-electron chi connectivity index (χ4n) is 2.61. The molecule has 1 fully saturated rings. The second kappa shape index (κ2) is 8.82. The van der Waals surface area contributed by atoms with E-state index in [9.17, 15) is 4.79 Å². The molecule has 0 spiro atoms. The van der Waals surface area contributed by atoms with Crippen molar-refractivity contribution in [2.45, 2.75) is 19.4 Å². The van der Waals surface area contributed by atoms with Crippen molar-refractivity contribution in [1.82, 2.24) is 15.3 Å². The highest BCUT2D eigenvalue weighted by Crippen LogP contribution is 2.15. The van der Waals surface area contributed by atoms with Crippen LogP contribution in [-0.2, 0) is 11.3 Å². The van der Waals surface area contributed by atoms with Gasteiger partial charge in [0, 0.05) is 37.6 Å². The number of carbonyl (C=O) groups excluding carboxylic acids is 1. The number of nitrogens with one attached hydrogen (secondary N) is 1. The van der Waals surface area contributed by atoms with Gasteiger partial charge in [-0.15, -0.1) is 0 Å². The van der Waals surface area contributed by atoms with Crippen molar-refractivity contribution >= 4 is 18.1 Å². The Morgan fingerprint density at radius 2 is 1.88 bits per heavy atom. The summed E-state index contributed by atoms with van der Waals surface area (Å²) >= 11 is 0. The molecule has 1 amide bonds. The van der Waals surface area contributed by atoms with Crippen LogP contribution in [0.4, 0.5) is 10.7 Å². The molecule has 25 heavy (non-hydrogen) atoms. The number of amides is 1. The van der Waals surface area contributed by atoms with Gasteiger partial charge in [-0.05, 0) is 18.4 Å². The molecule has 0 unspecified atom stereocenters. The molecule has 0 aliphatic carbocycles. The molecule has 6 nitrogen and oxygen atoms in total. The average Bonchev–Trinajstić information content (AvgIpc) is 3.20. The van der Waals surface area contributed by atoms with E-state index in [2.05, 4.69) is 20.2 Å². The van der Waals surface area contributed by atoms with Crippen LogP contribution in [0.2, 0.25) is 0 Å². The van der Waals surface area contributed by atoms with Gasteiger partial charge in [0.15, 0.2) is 0 Å². The molecular weight excluding hydrogens is 316 g/mol. The van der Waals surface area contributed by atoms with E-state index in [4.69, 9.17) is 4.74 Å². The van der Waals surface area contributed by atoms with Gasteiger partial charge >= 0.3 is 6.09 Å². The maximum atomic E-state index is 11.6. The normalized spacial score (nSPS) is 14.0. The van der Waals surface area contributed by atoms with Gasteiger partial charge in [0.1, 0.15) is 6.61 Å². The lowest BCUT2D eigenvalue weighted by molar-refractivity contribution is 0.141. The Labute approximate surface area is 147 Å². The Morgan fingerprint density at radius 1 is 1.16 bits per heavy atom. The van der Waals surface area contributed by atoms with Gasteiger partial charge in [0.05, 0.1) is 0 Å². The third kappa shape index (κ3) is 5.31. The Kier molecular flexibility index (Phi) is 5.98. The first-order valence-electron chi connectivity index (χ1n) is 8.49. The second-order valence-electron chi connectivity index (χ2n) is 5.86. The first kappa shape index (κ1) is 17.0. The summed E-state index contributed by atoms with van der Waals surface area (Å²) in [5.41, 5.74) is 1.87. The van der Waals surface area contributed by atoms with Gasteiger partial charge in [-0.1, -0.05) is 42.5 Å². The number of ether oxygens (including phenoxy) is 1. The SMILES string of the molecule is O=C(NCC=Cc1cnc(N2CCCC2)nc1)OCc1ccccc1. The van der Waals surface area contributed by atoms with Crippen LogP contribution in [0.25, 0.3) is 6.08 Å². The number of alkyl carbamates (subject to hydrolysis) is 1. The highest BCUT2D eigenvalue weighted by Gasteiger charge is 2.13.